The van der Waals surface area contributed by atoms with Crippen LogP contribution in [0.4, 0.5) is 4.39 Å². The van der Waals surface area contributed by atoms with Crippen LogP contribution in [0.2, 0.25) is 0 Å². The van der Waals surface area contributed by atoms with E-state index in [2.05, 4.69) is 12.2 Å². The number of rotatable bonds is 11. The lowest BCUT2D eigenvalue weighted by molar-refractivity contribution is -0.139. The number of aryl methyl sites for hydroxylation is 1. The van der Waals surface area contributed by atoms with E-state index in [4.69, 9.17) is 0 Å². The maximum atomic E-state index is 13.3. The first kappa shape index (κ1) is 23.9. The van der Waals surface area contributed by atoms with E-state index in [1.54, 1.807) is 17.0 Å². The molecule has 0 aliphatic rings. The average molecular weight is 431 g/mol. The SMILES string of the molecule is CCCCNC(=O)[C@@H](CC)N(Cc1ccc(F)cc1)C(=O)CSc1ccc(C)cc1. The monoisotopic (exact) mass is 430 g/mol. The zero-order chi connectivity index (χ0) is 21.9. The standard InChI is InChI=1S/C24H31FN2O2S/c1-4-6-15-26-24(29)22(5-2)27(16-19-9-11-20(25)12-10-19)23(28)17-30-21-13-7-18(3)8-14-21/h7-14,22H,4-6,15-17H2,1-3H3,(H,26,29)/t22-/m1/s1. The lowest BCUT2D eigenvalue weighted by atomic mass is 10.1. The summed E-state index contributed by atoms with van der Waals surface area (Å²) in [5, 5.41) is 2.95. The summed E-state index contributed by atoms with van der Waals surface area (Å²) >= 11 is 1.46. The highest BCUT2D eigenvalue weighted by Crippen LogP contribution is 2.21. The number of hydrogen-bond acceptors (Lipinski definition) is 3. The maximum absolute atomic E-state index is 13.3. The Kier molecular flexibility index (Phi) is 9.87. The van der Waals surface area contributed by atoms with Crippen LogP contribution >= 0.6 is 11.8 Å². The van der Waals surface area contributed by atoms with Crippen LogP contribution in [0.1, 0.15) is 44.2 Å². The van der Waals surface area contributed by atoms with Crippen LogP contribution in [-0.2, 0) is 16.1 Å². The van der Waals surface area contributed by atoms with Crippen LogP contribution in [0.15, 0.2) is 53.4 Å². The molecule has 0 fully saturated rings. The van der Waals surface area contributed by atoms with Crippen molar-refractivity contribution in [1.29, 1.82) is 0 Å². The zero-order valence-corrected chi connectivity index (χ0v) is 18.8. The molecule has 0 saturated heterocycles. The zero-order valence-electron chi connectivity index (χ0n) is 18.0. The third kappa shape index (κ3) is 7.48. The second-order valence-electron chi connectivity index (χ2n) is 7.32. The van der Waals surface area contributed by atoms with Crippen molar-refractivity contribution in [2.45, 2.75) is 57.5 Å². The molecule has 0 aliphatic heterocycles. The molecule has 0 heterocycles. The van der Waals surface area contributed by atoms with Gasteiger partial charge in [0, 0.05) is 18.0 Å². The molecular formula is C24H31FN2O2S. The predicted molar refractivity (Wildman–Crippen MR) is 121 cm³/mol. The molecule has 0 spiro atoms. The van der Waals surface area contributed by atoms with Gasteiger partial charge in [-0.2, -0.15) is 0 Å². The highest BCUT2D eigenvalue weighted by molar-refractivity contribution is 8.00. The Morgan fingerprint density at radius 2 is 1.73 bits per heavy atom. The molecule has 2 aromatic carbocycles. The maximum Gasteiger partial charge on any atom is 0.242 e. The van der Waals surface area contributed by atoms with E-state index in [1.165, 1.54) is 29.5 Å². The Labute approximate surface area is 183 Å². The number of thioether (sulfide) groups is 1. The van der Waals surface area contributed by atoms with Crippen LogP contribution in [0, 0.1) is 12.7 Å². The molecule has 4 nitrogen and oxygen atoms in total. The Bertz CT molecular complexity index is 809. The molecule has 0 unspecified atom stereocenters. The number of hydrogen-bond donors (Lipinski definition) is 1. The summed E-state index contributed by atoms with van der Waals surface area (Å²) in [4.78, 5) is 28.6. The van der Waals surface area contributed by atoms with E-state index in [-0.39, 0.29) is 29.9 Å². The molecule has 0 bridgehead atoms. The van der Waals surface area contributed by atoms with Crippen molar-refractivity contribution in [1.82, 2.24) is 10.2 Å². The second-order valence-corrected chi connectivity index (χ2v) is 8.37. The van der Waals surface area contributed by atoms with Crippen LogP contribution in [0.25, 0.3) is 0 Å². The summed E-state index contributed by atoms with van der Waals surface area (Å²) < 4.78 is 13.3. The number of carbonyl (C=O) groups excluding carboxylic acids is 2. The fourth-order valence-corrected chi connectivity index (χ4v) is 3.86. The van der Waals surface area contributed by atoms with Gasteiger partial charge in [0.05, 0.1) is 5.75 Å². The normalized spacial score (nSPS) is 11.7. The van der Waals surface area contributed by atoms with Gasteiger partial charge in [0.15, 0.2) is 0 Å². The van der Waals surface area contributed by atoms with Crippen molar-refractivity contribution < 1.29 is 14.0 Å². The van der Waals surface area contributed by atoms with Crippen LogP contribution in [0.3, 0.4) is 0 Å². The summed E-state index contributed by atoms with van der Waals surface area (Å²) in [6.45, 7) is 6.86. The number of unbranched alkanes of at least 4 members (excludes halogenated alkanes) is 1. The van der Waals surface area contributed by atoms with Gasteiger partial charge in [-0.05, 0) is 49.6 Å². The molecule has 30 heavy (non-hydrogen) atoms. The van der Waals surface area contributed by atoms with E-state index in [0.717, 1.165) is 23.3 Å². The summed E-state index contributed by atoms with van der Waals surface area (Å²) in [5.41, 5.74) is 1.96. The number of benzene rings is 2. The molecule has 1 atom stereocenters. The lowest BCUT2D eigenvalue weighted by Crippen LogP contribution is -2.49. The Hall–Kier alpha value is -2.34. The second kappa shape index (κ2) is 12.4. The van der Waals surface area contributed by atoms with Crippen molar-refractivity contribution in [3.8, 4) is 0 Å². The van der Waals surface area contributed by atoms with Gasteiger partial charge in [0.25, 0.3) is 0 Å². The minimum atomic E-state index is -0.557. The van der Waals surface area contributed by atoms with Gasteiger partial charge in [0.2, 0.25) is 11.8 Å². The molecule has 6 heteroatoms. The fourth-order valence-electron chi connectivity index (χ4n) is 3.07. The highest BCUT2D eigenvalue weighted by Gasteiger charge is 2.28. The summed E-state index contributed by atoms with van der Waals surface area (Å²) in [6, 6.07) is 13.5. The van der Waals surface area contributed by atoms with Gasteiger partial charge in [0.1, 0.15) is 11.9 Å². The van der Waals surface area contributed by atoms with E-state index in [0.29, 0.717) is 13.0 Å². The highest BCUT2D eigenvalue weighted by atomic mass is 32.2. The number of carbonyl (C=O) groups is 2. The van der Waals surface area contributed by atoms with Crippen LogP contribution in [-0.4, -0.2) is 35.1 Å². The molecule has 0 aromatic heterocycles. The first-order valence-electron chi connectivity index (χ1n) is 10.5. The topological polar surface area (TPSA) is 49.4 Å². The van der Waals surface area contributed by atoms with E-state index >= 15 is 0 Å². The van der Waals surface area contributed by atoms with E-state index < -0.39 is 6.04 Å². The first-order valence-corrected chi connectivity index (χ1v) is 11.4. The minimum absolute atomic E-state index is 0.109. The average Bonchev–Trinajstić information content (AvgIpc) is 2.74. The van der Waals surface area contributed by atoms with Gasteiger partial charge in [-0.25, -0.2) is 4.39 Å². The van der Waals surface area contributed by atoms with Gasteiger partial charge >= 0.3 is 0 Å². The van der Waals surface area contributed by atoms with Gasteiger partial charge < -0.3 is 10.2 Å². The molecule has 1 N–H and O–H groups in total. The van der Waals surface area contributed by atoms with Gasteiger partial charge in [-0.3, -0.25) is 9.59 Å². The van der Waals surface area contributed by atoms with E-state index in [9.17, 15) is 14.0 Å². The summed E-state index contributed by atoms with van der Waals surface area (Å²) in [6.07, 6.45) is 2.40. The lowest BCUT2D eigenvalue weighted by Gasteiger charge is -2.30. The van der Waals surface area contributed by atoms with Crippen molar-refractivity contribution in [3.63, 3.8) is 0 Å². The molecule has 0 saturated carbocycles. The largest absolute Gasteiger partial charge is 0.354 e. The Morgan fingerprint density at radius 3 is 2.33 bits per heavy atom. The smallest absolute Gasteiger partial charge is 0.242 e. The summed E-state index contributed by atoms with van der Waals surface area (Å²) in [5.74, 6) is -0.330. The van der Waals surface area contributed by atoms with Crippen molar-refractivity contribution in [2.24, 2.45) is 0 Å². The Balaban J connectivity index is 2.15. The van der Waals surface area contributed by atoms with Crippen LogP contribution in [0.5, 0.6) is 0 Å². The van der Waals surface area contributed by atoms with E-state index in [1.807, 2.05) is 38.1 Å². The minimum Gasteiger partial charge on any atom is -0.354 e. The van der Waals surface area contributed by atoms with Crippen molar-refractivity contribution in [2.75, 3.05) is 12.3 Å². The number of nitrogens with one attached hydrogen (secondary N) is 1. The number of halogens is 1. The molecule has 162 valence electrons. The fraction of sp³-hybridized carbons (Fsp3) is 0.417. The number of amides is 2. The molecule has 0 radical (unpaired) electrons. The molecule has 2 amide bonds. The third-order valence-corrected chi connectivity index (χ3v) is 5.86. The van der Waals surface area contributed by atoms with Crippen LogP contribution < -0.4 is 5.32 Å². The predicted octanol–water partition coefficient (Wildman–Crippen LogP) is 4.95. The molecule has 2 rings (SSSR count). The molecular weight excluding hydrogens is 399 g/mol. The third-order valence-electron chi connectivity index (χ3n) is 4.86. The quantitative estimate of drug-likeness (QED) is 0.405. The summed E-state index contributed by atoms with van der Waals surface area (Å²) in [7, 11) is 0. The number of nitrogens with zero attached hydrogens (tertiary/aromatic N) is 1. The first-order chi connectivity index (χ1) is 14.4. The molecule has 0 aliphatic carbocycles. The Morgan fingerprint density at radius 1 is 1.07 bits per heavy atom. The molecule has 2 aromatic rings. The van der Waals surface area contributed by atoms with Crippen molar-refractivity contribution >= 4 is 23.6 Å². The van der Waals surface area contributed by atoms with Gasteiger partial charge in [-0.1, -0.05) is 50.1 Å². The van der Waals surface area contributed by atoms with Crippen molar-refractivity contribution in [3.05, 3.63) is 65.5 Å². The van der Waals surface area contributed by atoms with Gasteiger partial charge in [-0.15, -0.1) is 11.8 Å².